The minimum atomic E-state index is 0.926. The predicted octanol–water partition coefficient (Wildman–Crippen LogP) is 3.69. The van der Waals surface area contributed by atoms with E-state index in [1.165, 1.54) is 62.8 Å². The van der Waals surface area contributed by atoms with Crippen molar-refractivity contribution in [3.63, 3.8) is 0 Å². The van der Waals surface area contributed by atoms with Crippen LogP contribution in [0, 0.1) is 17.8 Å². The molecule has 0 radical (unpaired) electrons. The summed E-state index contributed by atoms with van der Waals surface area (Å²) in [7, 11) is 0. The van der Waals surface area contributed by atoms with Gasteiger partial charge in [-0.2, -0.15) is 0 Å². The summed E-state index contributed by atoms with van der Waals surface area (Å²) >= 11 is 0. The van der Waals surface area contributed by atoms with Crippen LogP contribution in [0.15, 0.2) is 0 Å². The Labute approximate surface area is 102 Å². The molecule has 0 aromatic rings. The Balaban J connectivity index is 2.08. The second kappa shape index (κ2) is 5.08. The zero-order chi connectivity index (χ0) is 11.6. The molecule has 1 spiro atoms. The van der Waals surface area contributed by atoms with Gasteiger partial charge in [0.25, 0.3) is 0 Å². The van der Waals surface area contributed by atoms with E-state index in [-0.39, 0.29) is 0 Å². The van der Waals surface area contributed by atoms with E-state index in [0.717, 1.165) is 17.8 Å². The number of quaternary nitrogens is 1. The van der Waals surface area contributed by atoms with Crippen molar-refractivity contribution in [1.29, 1.82) is 0 Å². The van der Waals surface area contributed by atoms with Gasteiger partial charge in [0.15, 0.2) is 0 Å². The summed E-state index contributed by atoms with van der Waals surface area (Å²) in [6.07, 6.45) is 7.40. The number of nitrogens with zero attached hydrogens (tertiary/aromatic N) is 1. The molecule has 94 valence electrons. The van der Waals surface area contributed by atoms with Crippen LogP contribution in [0.2, 0.25) is 0 Å². The molecule has 2 rings (SSSR count). The normalized spacial score (nSPS) is 40.3. The van der Waals surface area contributed by atoms with Crippen LogP contribution in [0.4, 0.5) is 0 Å². The summed E-state index contributed by atoms with van der Waals surface area (Å²) in [5.74, 6) is 2.80. The molecule has 3 unspecified atom stereocenters. The highest BCUT2D eigenvalue weighted by atomic mass is 15.4. The Morgan fingerprint density at radius 1 is 0.750 bits per heavy atom. The van der Waals surface area contributed by atoms with Gasteiger partial charge in [0.2, 0.25) is 0 Å². The second-order valence-electron chi connectivity index (χ2n) is 6.71. The maximum Gasteiger partial charge on any atom is 0.0815 e. The van der Waals surface area contributed by atoms with E-state index in [9.17, 15) is 0 Å². The van der Waals surface area contributed by atoms with Gasteiger partial charge in [-0.15, -0.1) is 0 Å². The van der Waals surface area contributed by atoms with Gasteiger partial charge in [0.05, 0.1) is 26.2 Å². The molecule has 2 saturated heterocycles. The van der Waals surface area contributed by atoms with Crippen LogP contribution in [0.3, 0.4) is 0 Å². The molecule has 3 atom stereocenters. The Morgan fingerprint density at radius 2 is 1.38 bits per heavy atom. The van der Waals surface area contributed by atoms with Crippen molar-refractivity contribution >= 4 is 0 Å². The Hall–Kier alpha value is -0.0400. The molecule has 1 heteroatoms. The molecule has 0 amide bonds. The molecular formula is C15H30N+. The van der Waals surface area contributed by atoms with Gasteiger partial charge in [0, 0.05) is 5.92 Å². The zero-order valence-corrected chi connectivity index (χ0v) is 11.5. The summed E-state index contributed by atoms with van der Waals surface area (Å²) < 4.78 is 1.47. The lowest BCUT2D eigenvalue weighted by Gasteiger charge is -2.38. The van der Waals surface area contributed by atoms with Crippen molar-refractivity contribution in [3.8, 4) is 0 Å². The van der Waals surface area contributed by atoms with E-state index in [0.29, 0.717) is 0 Å². The summed E-state index contributed by atoms with van der Waals surface area (Å²) in [6.45, 7) is 13.3. The van der Waals surface area contributed by atoms with Crippen LogP contribution in [0.5, 0.6) is 0 Å². The van der Waals surface area contributed by atoms with E-state index < -0.39 is 0 Å². The van der Waals surface area contributed by atoms with E-state index in [2.05, 4.69) is 20.8 Å². The van der Waals surface area contributed by atoms with E-state index in [1.54, 1.807) is 0 Å². The molecule has 0 aromatic heterocycles. The lowest BCUT2D eigenvalue weighted by atomic mass is 9.84. The minimum Gasteiger partial charge on any atom is -0.323 e. The highest BCUT2D eigenvalue weighted by Crippen LogP contribution is 2.33. The van der Waals surface area contributed by atoms with E-state index in [4.69, 9.17) is 0 Å². The smallest absolute Gasteiger partial charge is 0.0815 e. The van der Waals surface area contributed by atoms with Crippen molar-refractivity contribution in [3.05, 3.63) is 0 Å². The number of hydrogen-bond donors (Lipinski definition) is 0. The van der Waals surface area contributed by atoms with Gasteiger partial charge >= 0.3 is 0 Å². The number of rotatable bonds is 0. The van der Waals surface area contributed by atoms with Gasteiger partial charge in [-0.05, 0) is 43.9 Å². The van der Waals surface area contributed by atoms with Crippen LogP contribution in [0.1, 0.15) is 52.9 Å². The van der Waals surface area contributed by atoms with Gasteiger partial charge in [-0.3, -0.25) is 0 Å². The maximum absolute atomic E-state index is 2.50. The standard InChI is InChI=1S/C15H30N/c1-13-8-11-16(12-14(2)15(13)3)9-6-4-5-7-10-16/h13-15H,4-12H2,1-3H3/q+1. The predicted molar refractivity (Wildman–Crippen MR) is 70.3 cm³/mol. The molecular weight excluding hydrogens is 194 g/mol. The Bertz CT molecular complexity index is 215. The summed E-state index contributed by atoms with van der Waals surface area (Å²) in [6, 6.07) is 0. The van der Waals surface area contributed by atoms with Gasteiger partial charge in [0.1, 0.15) is 0 Å². The molecule has 2 fully saturated rings. The highest BCUT2D eigenvalue weighted by molar-refractivity contribution is 4.73. The quantitative estimate of drug-likeness (QED) is 0.551. The van der Waals surface area contributed by atoms with Crippen molar-refractivity contribution in [2.24, 2.45) is 17.8 Å². The molecule has 0 aromatic carbocycles. The molecule has 2 aliphatic rings. The van der Waals surface area contributed by atoms with Crippen LogP contribution in [0.25, 0.3) is 0 Å². The summed E-state index contributed by atoms with van der Waals surface area (Å²) in [5, 5.41) is 0. The largest absolute Gasteiger partial charge is 0.323 e. The van der Waals surface area contributed by atoms with Crippen LogP contribution in [-0.2, 0) is 0 Å². The first-order valence-corrected chi connectivity index (χ1v) is 7.48. The molecule has 2 aliphatic heterocycles. The second-order valence-corrected chi connectivity index (χ2v) is 6.71. The minimum absolute atomic E-state index is 0.926. The molecule has 0 N–H and O–H groups in total. The monoisotopic (exact) mass is 224 g/mol. The molecule has 2 heterocycles. The highest BCUT2D eigenvalue weighted by Gasteiger charge is 2.36. The van der Waals surface area contributed by atoms with Crippen molar-refractivity contribution in [2.75, 3.05) is 26.2 Å². The zero-order valence-electron chi connectivity index (χ0n) is 11.5. The molecule has 16 heavy (non-hydrogen) atoms. The van der Waals surface area contributed by atoms with Gasteiger partial charge < -0.3 is 4.48 Å². The third-order valence-electron chi connectivity index (χ3n) is 5.54. The topological polar surface area (TPSA) is 0 Å². The van der Waals surface area contributed by atoms with Crippen molar-refractivity contribution in [1.82, 2.24) is 0 Å². The van der Waals surface area contributed by atoms with Crippen molar-refractivity contribution < 1.29 is 4.48 Å². The lowest BCUT2D eigenvalue weighted by molar-refractivity contribution is -0.929. The van der Waals surface area contributed by atoms with Crippen LogP contribution >= 0.6 is 0 Å². The first kappa shape index (κ1) is 12.4. The molecule has 0 bridgehead atoms. The Kier molecular flexibility index (Phi) is 3.94. The summed E-state index contributed by atoms with van der Waals surface area (Å²) in [4.78, 5) is 0. The molecule has 0 aliphatic carbocycles. The number of hydrogen-bond acceptors (Lipinski definition) is 0. The fraction of sp³-hybridized carbons (Fsp3) is 1.00. The third kappa shape index (κ3) is 2.61. The van der Waals surface area contributed by atoms with Gasteiger partial charge in [-0.25, -0.2) is 0 Å². The fourth-order valence-electron chi connectivity index (χ4n) is 3.94. The van der Waals surface area contributed by atoms with Gasteiger partial charge in [-0.1, -0.05) is 20.8 Å². The van der Waals surface area contributed by atoms with E-state index in [1.807, 2.05) is 0 Å². The Morgan fingerprint density at radius 3 is 2.00 bits per heavy atom. The van der Waals surface area contributed by atoms with E-state index >= 15 is 0 Å². The summed E-state index contributed by atoms with van der Waals surface area (Å²) in [5.41, 5.74) is 0. The fourth-order valence-corrected chi connectivity index (χ4v) is 3.94. The maximum atomic E-state index is 2.50. The van der Waals surface area contributed by atoms with Crippen LogP contribution < -0.4 is 0 Å². The van der Waals surface area contributed by atoms with Crippen molar-refractivity contribution in [2.45, 2.75) is 52.9 Å². The average Bonchev–Trinajstić information content (AvgIpc) is 2.55. The molecule has 0 saturated carbocycles. The average molecular weight is 224 g/mol. The first-order valence-electron chi connectivity index (χ1n) is 7.48. The lowest BCUT2D eigenvalue weighted by Crippen LogP contribution is -2.51. The SMILES string of the molecule is CC1CC[N+]2(CCCCCC2)CC(C)C1C. The third-order valence-corrected chi connectivity index (χ3v) is 5.54. The first-order chi connectivity index (χ1) is 7.63. The molecule has 1 nitrogen and oxygen atoms in total. The van der Waals surface area contributed by atoms with Crippen LogP contribution in [-0.4, -0.2) is 30.7 Å².